The predicted molar refractivity (Wildman–Crippen MR) is 140 cm³/mol. The van der Waals surface area contributed by atoms with Gasteiger partial charge in [-0.15, -0.1) is 0 Å². The molecule has 0 radical (unpaired) electrons. The number of nitrogens with one attached hydrogen (secondary N) is 3. The SMILES string of the molecule is CC(=O)Nc1ccc(NC(=O)C(=O)NCC(c2cccnc2)N2CCN(c3ccccc3)CC2)cc1. The molecule has 1 saturated heterocycles. The topological polar surface area (TPSA) is 107 Å². The van der Waals surface area contributed by atoms with Crippen LogP contribution in [0, 0.1) is 0 Å². The van der Waals surface area contributed by atoms with Gasteiger partial charge in [-0.2, -0.15) is 0 Å². The maximum absolute atomic E-state index is 12.6. The van der Waals surface area contributed by atoms with E-state index in [0.717, 1.165) is 31.7 Å². The molecule has 2 heterocycles. The number of nitrogens with zero attached hydrogens (tertiary/aromatic N) is 3. The Hall–Kier alpha value is -4.24. The largest absolute Gasteiger partial charge is 0.369 e. The highest BCUT2D eigenvalue weighted by molar-refractivity contribution is 6.39. The second-order valence-electron chi connectivity index (χ2n) is 8.58. The number of para-hydroxylation sites is 1. The van der Waals surface area contributed by atoms with Crippen molar-refractivity contribution in [3.8, 4) is 0 Å². The highest BCUT2D eigenvalue weighted by Crippen LogP contribution is 2.23. The van der Waals surface area contributed by atoms with Gasteiger partial charge in [-0.05, 0) is 48.0 Å². The van der Waals surface area contributed by atoms with E-state index >= 15 is 0 Å². The van der Waals surface area contributed by atoms with Crippen LogP contribution in [-0.2, 0) is 14.4 Å². The number of anilines is 3. The van der Waals surface area contributed by atoms with E-state index in [4.69, 9.17) is 0 Å². The van der Waals surface area contributed by atoms with Crippen LogP contribution in [0.1, 0.15) is 18.5 Å². The fourth-order valence-electron chi connectivity index (χ4n) is 4.26. The maximum atomic E-state index is 12.6. The van der Waals surface area contributed by atoms with Crippen LogP contribution in [0.3, 0.4) is 0 Å². The molecular formula is C27H30N6O3. The Kier molecular flexibility index (Phi) is 8.25. The van der Waals surface area contributed by atoms with E-state index in [0.29, 0.717) is 11.4 Å². The zero-order valence-corrected chi connectivity index (χ0v) is 20.2. The first-order chi connectivity index (χ1) is 17.5. The fraction of sp³-hybridized carbons (Fsp3) is 0.259. The monoisotopic (exact) mass is 486 g/mol. The van der Waals surface area contributed by atoms with Crippen molar-refractivity contribution < 1.29 is 14.4 Å². The Morgan fingerprint density at radius 1 is 0.833 bits per heavy atom. The molecule has 1 aliphatic rings. The minimum atomic E-state index is -0.749. The standard InChI is InChI=1S/C27H30N6O3/c1-20(34)30-22-9-11-23(12-10-22)31-27(36)26(35)29-19-25(21-6-5-13-28-18-21)33-16-14-32(15-17-33)24-7-3-2-4-8-24/h2-13,18,25H,14-17,19H2,1H3,(H,29,35)(H,30,34)(H,31,36). The molecule has 0 bridgehead atoms. The first-order valence-electron chi connectivity index (χ1n) is 11.9. The number of hydrogen-bond donors (Lipinski definition) is 3. The van der Waals surface area contributed by atoms with E-state index in [-0.39, 0.29) is 18.5 Å². The first-order valence-corrected chi connectivity index (χ1v) is 11.9. The number of carbonyl (C=O) groups excluding carboxylic acids is 3. The number of aromatic nitrogens is 1. The summed E-state index contributed by atoms with van der Waals surface area (Å²) in [5, 5.41) is 8.04. The molecule has 1 atom stereocenters. The second kappa shape index (κ2) is 11.9. The normalized spacial score (nSPS) is 14.5. The maximum Gasteiger partial charge on any atom is 0.313 e. The van der Waals surface area contributed by atoms with Crippen LogP contribution in [0.2, 0.25) is 0 Å². The van der Waals surface area contributed by atoms with Crippen LogP contribution < -0.4 is 20.9 Å². The van der Waals surface area contributed by atoms with Crippen molar-refractivity contribution >= 4 is 34.8 Å². The van der Waals surface area contributed by atoms with Crippen LogP contribution in [0.15, 0.2) is 79.1 Å². The number of carbonyl (C=O) groups is 3. The summed E-state index contributed by atoms with van der Waals surface area (Å²) in [5.41, 5.74) is 3.26. The lowest BCUT2D eigenvalue weighted by Gasteiger charge is -2.40. The van der Waals surface area contributed by atoms with E-state index in [9.17, 15) is 14.4 Å². The molecule has 1 fully saturated rings. The van der Waals surface area contributed by atoms with Gasteiger partial charge in [0.1, 0.15) is 0 Å². The summed E-state index contributed by atoms with van der Waals surface area (Å²) in [6, 6.07) is 20.6. The molecule has 9 nitrogen and oxygen atoms in total. The Balaban J connectivity index is 1.35. The van der Waals surface area contributed by atoms with Crippen molar-refractivity contribution in [2.45, 2.75) is 13.0 Å². The summed E-state index contributed by atoms with van der Waals surface area (Å²) in [7, 11) is 0. The number of hydrogen-bond acceptors (Lipinski definition) is 6. The van der Waals surface area contributed by atoms with E-state index in [1.54, 1.807) is 36.7 Å². The predicted octanol–water partition coefficient (Wildman–Crippen LogP) is 2.66. The smallest absolute Gasteiger partial charge is 0.313 e. The van der Waals surface area contributed by atoms with Crippen molar-refractivity contribution in [1.82, 2.24) is 15.2 Å². The number of rotatable bonds is 7. The van der Waals surface area contributed by atoms with Gasteiger partial charge in [0.25, 0.3) is 0 Å². The molecule has 186 valence electrons. The average Bonchev–Trinajstić information content (AvgIpc) is 2.91. The van der Waals surface area contributed by atoms with Crippen LogP contribution in [0.5, 0.6) is 0 Å². The third kappa shape index (κ3) is 6.67. The van der Waals surface area contributed by atoms with Gasteiger partial charge in [-0.3, -0.25) is 24.3 Å². The average molecular weight is 487 g/mol. The van der Waals surface area contributed by atoms with Crippen LogP contribution in [0.4, 0.5) is 17.1 Å². The molecule has 36 heavy (non-hydrogen) atoms. The highest BCUT2D eigenvalue weighted by atomic mass is 16.2. The number of piperazine rings is 1. The van der Waals surface area contributed by atoms with Gasteiger partial charge in [-0.1, -0.05) is 24.3 Å². The molecule has 0 saturated carbocycles. The number of benzene rings is 2. The molecule has 3 N–H and O–H groups in total. The highest BCUT2D eigenvalue weighted by Gasteiger charge is 2.26. The molecule has 3 amide bonds. The summed E-state index contributed by atoms with van der Waals surface area (Å²) in [5.74, 6) is -1.64. The summed E-state index contributed by atoms with van der Waals surface area (Å²) in [6.45, 7) is 5.06. The van der Waals surface area contributed by atoms with Gasteiger partial charge in [-0.25, -0.2) is 0 Å². The lowest BCUT2D eigenvalue weighted by Crippen LogP contribution is -2.50. The molecule has 9 heteroatoms. The van der Waals surface area contributed by atoms with Gasteiger partial charge < -0.3 is 20.9 Å². The van der Waals surface area contributed by atoms with Gasteiger partial charge in [0.2, 0.25) is 5.91 Å². The lowest BCUT2D eigenvalue weighted by molar-refractivity contribution is -0.136. The molecule has 1 aromatic heterocycles. The molecule has 4 rings (SSSR count). The minimum Gasteiger partial charge on any atom is -0.369 e. The van der Waals surface area contributed by atoms with Crippen LogP contribution >= 0.6 is 0 Å². The Labute approximate surface area is 210 Å². The lowest BCUT2D eigenvalue weighted by atomic mass is 10.1. The molecule has 1 unspecified atom stereocenters. The summed E-state index contributed by atoms with van der Waals surface area (Å²) < 4.78 is 0. The van der Waals surface area contributed by atoms with E-state index in [2.05, 4.69) is 42.9 Å². The third-order valence-corrected chi connectivity index (χ3v) is 6.07. The molecule has 2 aromatic carbocycles. The number of pyridine rings is 1. The molecule has 0 aliphatic carbocycles. The molecular weight excluding hydrogens is 456 g/mol. The summed E-state index contributed by atoms with van der Waals surface area (Å²) in [4.78, 5) is 45.1. The van der Waals surface area contributed by atoms with E-state index in [1.165, 1.54) is 12.6 Å². The van der Waals surface area contributed by atoms with E-state index < -0.39 is 11.8 Å². The Morgan fingerprint density at radius 3 is 2.11 bits per heavy atom. The molecule has 3 aromatic rings. The van der Waals surface area contributed by atoms with Gasteiger partial charge in [0.15, 0.2) is 0 Å². The van der Waals surface area contributed by atoms with Gasteiger partial charge in [0, 0.05) is 69.1 Å². The van der Waals surface area contributed by atoms with Crippen LogP contribution in [0.25, 0.3) is 0 Å². The van der Waals surface area contributed by atoms with Crippen molar-refractivity contribution in [3.05, 3.63) is 84.7 Å². The first kappa shape index (κ1) is 24.9. The van der Waals surface area contributed by atoms with E-state index in [1.807, 2.05) is 30.3 Å². The van der Waals surface area contributed by atoms with Crippen LogP contribution in [-0.4, -0.2) is 60.3 Å². The zero-order chi connectivity index (χ0) is 25.3. The van der Waals surface area contributed by atoms with Gasteiger partial charge in [0.05, 0.1) is 6.04 Å². The quantitative estimate of drug-likeness (QED) is 0.444. The number of amides is 3. The third-order valence-electron chi connectivity index (χ3n) is 6.07. The van der Waals surface area contributed by atoms with Gasteiger partial charge >= 0.3 is 11.8 Å². The Bertz CT molecular complexity index is 1160. The van der Waals surface area contributed by atoms with Crippen molar-refractivity contribution in [2.24, 2.45) is 0 Å². The fourth-order valence-corrected chi connectivity index (χ4v) is 4.26. The van der Waals surface area contributed by atoms with Crippen molar-refractivity contribution in [2.75, 3.05) is 48.3 Å². The Morgan fingerprint density at radius 2 is 1.50 bits per heavy atom. The van der Waals surface area contributed by atoms with Crippen molar-refractivity contribution in [1.29, 1.82) is 0 Å². The zero-order valence-electron chi connectivity index (χ0n) is 20.2. The molecule has 1 aliphatic heterocycles. The summed E-state index contributed by atoms with van der Waals surface area (Å²) in [6.07, 6.45) is 3.52. The second-order valence-corrected chi connectivity index (χ2v) is 8.58. The summed E-state index contributed by atoms with van der Waals surface area (Å²) >= 11 is 0. The molecule has 0 spiro atoms. The van der Waals surface area contributed by atoms with Crippen molar-refractivity contribution in [3.63, 3.8) is 0 Å². The minimum absolute atomic E-state index is 0.106.